The van der Waals surface area contributed by atoms with Crippen LogP contribution in [0.15, 0.2) is 24.3 Å². The summed E-state index contributed by atoms with van der Waals surface area (Å²) < 4.78 is 0. The minimum atomic E-state index is -1.01. The van der Waals surface area contributed by atoms with Gasteiger partial charge in [0, 0.05) is 10.8 Å². The van der Waals surface area contributed by atoms with Crippen molar-refractivity contribution in [3.8, 4) is 0 Å². The highest BCUT2D eigenvalue weighted by molar-refractivity contribution is 7.99. The van der Waals surface area contributed by atoms with Crippen LogP contribution in [-0.2, 0) is 15.3 Å². The van der Waals surface area contributed by atoms with E-state index < -0.39 is 12.0 Å². The Hall–Kier alpha value is -1.20. The van der Waals surface area contributed by atoms with Crippen LogP contribution in [0.4, 0.5) is 0 Å². The van der Waals surface area contributed by atoms with Crippen LogP contribution in [0.5, 0.6) is 0 Å². The molecule has 1 rings (SSSR count). The van der Waals surface area contributed by atoms with E-state index in [0.717, 1.165) is 5.56 Å². The van der Waals surface area contributed by atoms with Crippen LogP contribution < -0.4 is 5.32 Å². The van der Waals surface area contributed by atoms with Crippen molar-refractivity contribution in [1.29, 1.82) is 0 Å². The van der Waals surface area contributed by atoms with Crippen molar-refractivity contribution in [2.45, 2.75) is 25.6 Å². The molecule has 1 atom stereocenters. The Morgan fingerprint density at radius 1 is 1.40 bits per heavy atom. The van der Waals surface area contributed by atoms with Crippen LogP contribution >= 0.6 is 23.4 Å². The van der Waals surface area contributed by atoms with Crippen LogP contribution in [0.25, 0.3) is 0 Å². The second-order valence-corrected chi connectivity index (χ2v) is 6.17. The van der Waals surface area contributed by atoms with E-state index >= 15 is 0 Å². The summed E-state index contributed by atoms with van der Waals surface area (Å²) in [5, 5.41) is 12.2. The molecule has 0 saturated carbocycles. The summed E-state index contributed by atoms with van der Waals surface area (Å²) in [5.41, 5.74) is 1.04. The molecule has 1 amide bonds. The van der Waals surface area contributed by atoms with Gasteiger partial charge >= 0.3 is 5.97 Å². The molecular weight excluding hydrogens is 298 g/mol. The molecule has 0 saturated heterocycles. The van der Waals surface area contributed by atoms with E-state index in [0.29, 0.717) is 10.8 Å². The maximum absolute atomic E-state index is 11.7. The van der Waals surface area contributed by atoms with E-state index in [-0.39, 0.29) is 17.6 Å². The Morgan fingerprint density at radius 2 is 2.10 bits per heavy atom. The van der Waals surface area contributed by atoms with E-state index in [1.807, 2.05) is 18.2 Å². The van der Waals surface area contributed by atoms with E-state index in [1.54, 1.807) is 19.9 Å². The van der Waals surface area contributed by atoms with Crippen LogP contribution in [0.3, 0.4) is 0 Å². The predicted octanol–water partition coefficient (Wildman–Crippen LogP) is 2.80. The van der Waals surface area contributed by atoms with Crippen LogP contribution in [0, 0.1) is 5.92 Å². The van der Waals surface area contributed by atoms with Gasteiger partial charge in [0.1, 0.15) is 6.04 Å². The van der Waals surface area contributed by atoms with Gasteiger partial charge in [-0.1, -0.05) is 37.6 Å². The number of carbonyl (C=O) groups is 2. The number of carboxylic acid groups (broad SMARTS) is 1. The highest BCUT2D eigenvalue weighted by Gasteiger charge is 2.22. The van der Waals surface area contributed by atoms with Crippen molar-refractivity contribution in [2.24, 2.45) is 5.92 Å². The lowest BCUT2D eigenvalue weighted by Crippen LogP contribution is -2.45. The average Bonchev–Trinajstić information content (AvgIpc) is 2.35. The van der Waals surface area contributed by atoms with Crippen molar-refractivity contribution in [3.05, 3.63) is 34.9 Å². The Bertz CT molecular complexity index is 479. The van der Waals surface area contributed by atoms with Crippen LogP contribution in [0.2, 0.25) is 5.02 Å². The van der Waals surface area contributed by atoms with Gasteiger partial charge in [-0.05, 0) is 23.6 Å². The normalized spacial score (nSPS) is 12.2. The fraction of sp³-hybridized carbons (Fsp3) is 0.429. The predicted molar refractivity (Wildman–Crippen MR) is 82.0 cm³/mol. The van der Waals surface area contributed by atoms with Gasteiger partial charge in [0.2, 0.25) is 5.91 Å². The Morgan fingerprint density at radius 3 is 2.65 bits per heavy atom. The van der Waals surface area contributed by atoms with Crippen molar-refractivity contribution in [3.63, 3.8) is 0 Å². The molecule has 0 aliphatic rings. The second kappa shape index (κ2) is 8.17. The summed E-state index contributed by atoms with van der Waals surface area (Å²) in [5.74, 6) is -0.531. The SMILES string of the molecule is CC(C)C(NC(=O)CSCc1cccc(Cl)c1)C(=O)O. The summed E-state index contributed by atoms with van der Waals surface area (Å²) in [6.07, 6.45) is 0. The first-order valence-corrected chi connectivity index (χ1v) is 7.77. The summed E-state index contributed by atoms with van der Waals surface area (Å²) in [4.78, 5) is 22.7. The molecule has 0 spiro atoms. The molecule has 0 heterocycles. The maximum Gasteiger partial charge on any atom is 0.326 e. The van der Waals surface area contributed by atoms with Gasteiger partial charge in [-0.2, -0.15) is 0 Å². The Labute approximate surface area is 127 Å². The zero-order valence-corrected chi connectivity index (χ0v) is 13.0. The first-order valence-electron chi connectivity index (χ1n) is 6.24. The molecule has 1 aromatic rings. The summed E-state index contributed by atoms with van der Waals surface area (Å²) in [6, 6.07) is 6.60. The van der Waals surface area contributed by atoms with E-state index in [9.17, 15) is 9.59 Å². The third-order valence-electron chi connectivity index (χ3n) is 2.64. The molecule has 0 aliphatic heterocycles. The average molecular weight is 316 g/mol. The first-order chi connectivity index (χ1) is 9.40. The van der Waals surface area contributed by atoms with Crippen molar-refractivity contribution in [2.75, 3.05) is 5.75 Å². The molecule has 0 radical (unpaired) electrons. The van der Waals surface area contributed by atoms with Gasteiger partial charge in [0.15, 0.2) is 0 Å². The van der Waals surface area contributed by atoms with E-state index in [1.165, 1.54) is 11.8 Å². The number of halogens is 1. The Kier molecular flexibility index (Phi) is 6.88. The standard InChI is InChI=1S/C14H18ClNO3S/c1-9(2)13(14(18)19)16-12(17)8-20-7-10-4-3-5-11(15)6-10/h3-6,9,13H,7-8H2,1-2H3,(H,16,17)(H,18,19). The van der Waals surface area contributed by atoms with Gasteiger partial charge in [-0.25, -0.2) is 4.79 Å². The number of amides is 1. The number of thioether (sulfide) groups is 1. The summed E-state index contributed by atoms with van der Waals surface area (Å²) in [6.45, 7) is 3.52. The summed E-state index contributed by atoms with van der Waals surface area (Å²) in [7, 11) is 0. The molecule has 1 aromatic carbocycles. The molecule has 0 aromatic heterocycles. The second-order valence-electron chi connectivity index (χ2n) is 4.75. The lowest BCUT2D eigenvalue weighted by molar-refractivity contribution is -0.142. The molecule has 2 N–H and O–H groups in total. The summed E-state index contributed by atoms with van der Waals surface area (Å²) >= 11 is 7.30. The molecule has 1 unspecified atom stereocenters. The molecule has 0 bridgehead atoms. The number of aliphatic carboxylic acids is 1. The van der Waals surface area contributed by atoms with E-state index in [4.69, 9.17) is 16.7 Å². The minimum absolute atomic E-state index is 0.144. The number of nitrogens with one attached hydrogen (secondary N) is 1. The number of carboxylic acids is 1. The quantitative estimate of drug-likeness (QED) is 0.812. The van der Waals surface area contributed by atoms with Gasteiger partial charge in [0.25, 0.3) is 0 Å². The number of rotatable bonds is 7. The number of hydrogen-bond acceptors (Lipinski definition) is 3. The van der Waals surface area contributed by atoms with Crippen molar-refractivity contribution in [1.82, 2.24) is 5.32 Å². The third kappa shape index (κ3) is 5.84. The smallest absolute Gasteiger partial charge is 0.326 e. The van der Waals surface area contributed by atoms with E-state index in [2.05, 4.69) is 5.32 Å². The molecule has 0 fully saturated rings. The van der Waals surface area contributed by atoms with Crippen LogP contribution in [-0.4, -0.2) is 28.8 Å². The highest BCUT2D eigenvalue weighted by atomic mass is 35.5. The fourth-order valence-electron chi connectivity index (χ4n) is 1.62. The number of carbonyl (C=O) groups excluding carboxylic acids is 1. The molecular formula is C14H18ClNO3S. The zero-order chi connectivity index (χ0) is 15.1. The van der Waals surface area contributed by atoms with Gasteiger partial charge in [-0.3, -0.25) is 4.79 Å². The largest absolute Gasteiger partial charge is 0.480 e. The maximum atomic E-state index is 11.7. The molecule has 20 heavy (non-hydrogen) atoms. The molecule has 110 valence electrons. The molecule has 6 heteroatoms. The zero-order valence-electron chi connectivity index (χ0n) is 11.4. The van der Waals surface area contributed by atoms with Crippen LogP contribution in [0.1, 0.15) is 19.4 Å². The fourth-order valence-corrected chi connectivity index (χ4v) is 2.62. The highest BCUT2D eigenvalue weighted by Crippen LogP contribution is 2.16. The number of hydrogen-bond donors (Lipinski definition) is 2. The van der Waals surface area contributed by atoms with Gasteiger partial charge < -0.3 is 10.4 Å². The van der Waals surface area contributed by atoms with Gasteiger partial charge in [0.05, 0.1) is 5.75 Å². The lowest BCUT2D eigenvalue weighted by atomic mass is 10.1. The first kappa shape index (κ1) is 16.9. The lowest BCUT2D eigenvalue weighted by Gasteiger charge is -2.17. The topological polar surface area (TPSA) is 66.4 Å². The van der Waals surface area contributed by atoms with Crippen molar-refractivity contribution < 1.29 is 14.7 Å². The molecule has 4 nitrogen and oxygen atoms in total. The van der Waals surface area contributed by atoms with Crippen molar-refractivity contribution >= 4 is 35.2 Å². The monoisotopic (exact) mass is 315 g/mol. The minimum Gasteiger partial charge on any atom is -0.480 e. The number of benzene rings is 1. The molecule has 0 aliphatic carbocycles. The van der Waals surface area contributed by atoms with Gasteiger partial charge in [-0.15, -0.1) is 11.8 Å². The Balaban J connectivity index is 2.38. The third-order valence-corrected chi connectivity index (χ3v) is 3.88.